The van der Waals surface area contributed by atoms with Crippen molar-refractivity contribution >= 4 is 30.1 Å². The molecular formula is C21H26ClN5O4. The van der Waals surface area contributed by atoms with E-state index in [9.17, 15) is 9.59 Å². The molecule has 1 aliphatic rings. The first kappa shape index (κ1) is 24.1. The Morgan fingerprint density at radius 1 is 1.19 bits per heavy atom. The number of nitrogens with zero attached hydrogens (tertiary/aromatic N) is 3. The molecule has 31 heavy (non-hydrogen) atoms. The smallest absolute Gasteiger partial charge is 0.305 e. The van der Waals surface area contributed by atoms with Gasteiger partial charge in [0, 0.05) is 36.8 Å². The first-order valence-electron chi connectivity index (χ1n) is 9.65. The highest BCUT2D eigenvalue weighted by Crippen LogP contribution is 2.26. The van der Waals surface area contributed by atoms with Gasteiger partial charge in [-0.05, 0) is 18.8 Å². The minimum absolute atomic E-state index is 0. The molecule has 9 nitrogen and oxygen atoms in total. The lowest BCUT2D eigenvalue weighted by Gasteiger charge is -2.31. The molecule has 166 valence electrons. The molecule has 0 bridgehead atoms. The van der Waals surface area contributed by atoms with E-state index in [0.29, 0.717) is 36.5 Å². The number of nitrogens with one attached hydrogen (secondary N) is 1. The van der Waals surface area contributed by atoms with Crippen LogP contribution in [0.3, 0.4) is 0 Å². The first-order valence-corrected chi connectivity index (χ1v) is 9.65. The van der Waals surface area contributed by atoms with Crippen molar-refractivity contribution in [3.8, 4) is 17.3 Å². The van der Waals surface area contributed by atoms with E-state index in [1.54, 1.807) is 29.2 Å². The number of nitrogens with two attached hydrogens (primary N) is 1. The van der Waals surface area contributed by atoms with Gasteiger partial charge in [0.2, 0.25) is 5.88 Å². The van der Waals surface area contributed by atoms with E-state index < -0.39 is 0 Å². The molecule has 1 fully saturated rings. The zero-order valence-electron chi connectivity index (χ0n) is 17.5. The zero-order valence-corrected chi connectivity index (χ0v) is 18.3. The molecule has 1 aromatic carbocycles. The number of piperidine rings is 1. The fourth-order valence-electron chi connectivity index (χ4n) is 3.44. The second kappa shape index (κ2) is 10.7. The molecular weight excluding hydrogens is 422 g/mol. The summed E-state index contributed by atoms with van der Waals surface area (Å²) in [7, 11) is 2.85. The van der Waals surface area contributed by atoms with Crippen LogP contribution in [0.25, 0.3) is 11.4 Å². The SMILES string of the molecule is COC(=O)CC1CCN(C(=O)c2cnc(-c3ccc(C(=N)N)cc3)nc2OC)CC1.Cl. The van der Waals surface area contributed by atoms with Gasteiger partial charge in [-0.25, -0.2) is 4.98 Å². The number of esters is 1. The van der Waals surface area contributed by atoms with E-state index in [4.69, 9.17) is 20.6 Å². The second-order valence-corrected chi connectivity index (χ2v) is 7.12. The van der Waals surface area contributed by atoms with Gasteiger partial charge in [-0.3, -0.25) is 15.0 Å². The van der Waals surface area contributed by atoms with Gasteiger partial charge < -0.3 is 20.1 Å². The molecule has 2 aromatic rings. The fraction of sp³-hybridized carbons (Fsp3) is 0.381. The number of likely N-dealkylation sites (tertiary alicyclic amines) is 1. The monoisotopic (exact) mass is 447 g/mol. The van der Waals surface area contributed by atoms with Gasteiger partial charge in [-0.1, -0.05) is 24.3 Å². The summed E-state index contributed by atoms with van der Waals surface area (Å²) in [6.45, 7) is 1.11. The number of halogens is 1. The fourth-order valence-corrected chi connectivity index (χ4v) is 3.44. The van der Waals surface area contributed by atoms with Gasteiger partial charge in [0.25, 0.3) is 5.91 Å². The first-order chi connectivity index (χ1) is 14.4. The van der Waals surface area contributed by atoms with Crippen LogP contribution < -0.4 is 10.5 Å². The molecule has 1 aromatic heterocycles. The van der Waals surface area contributed by atoms with Crippen LogP contribution >= 0.6 is 12.4 Å². The maximum absolute atomic E-state index is 13.0. The predicted octanol–water partition coefficient (Wildman–Crippen LogP) is 2.27. The van der Waals surface area contributed by atoms with Crippen molar-refractivity contribution in [1.82, 2.24) is 14.9 Å². The summed E-state index contributed by atoms with van der Waals surface area (Å²) >= 11 is 0. The molecule has 2 heterocycles. The Kier molecular flexibility index (Phi) is 8.32. The molecule has 1 saturated heterocycles. The highest BCUT2D eigenvalue weighted by Gasteiger charge is 2.27. The molecule has 1 aliphatic heterocycles. The lowest BCUT2D eigenvalue weighted by Crippen LogP contribution is -2.39. The Morgan fingerprint density at radius 2 is 1.84 bits per heavy atom. The van der Waals surface area contributed by atoms with E-state index in [0.717, 1.165) is 18.4 Å². The number of nitrogen functional groups attached to an aromatic ring is 1. The average Bonchev–Trinajstić information content (AvgIpc) is 2.78. The number of amides is 1. The van der Waals surface area contributed by atoms with Gasteiger partial charge in [0.1, 0.15) is 11.4 Å². The maximum Gasteiger partial charge on any atom is 0.305 e. The standard InChI is InChI=1S/C21H25N5O4.ClH/c1-29-17(27)11-13-7-9-26(10-8-13)21(28)16-12-24-19(25-20(16)30-2)15-5-3-14(4-6-15)18(22)23;/h3-6,12-13H,7-11H2,1-2H3,(H3,22,23);1H. The average molecular weight is 448 g/mol. The molecule has 0 saturated carbocycles. The summed E-state index contributed by atoms with van der Waals surface area (Å²) in [5.74, 6) is 0.410. The Hall–Kier alpha value is -3.20. The third-order valence-corrected chi connectivity index (χ3v) is 5.22. The van der Waals surface area contributed by atoms with Crippen molar-refractivity contribution in [1.29, 1.82) is 5.41 Å². The summed E-state index contributed by atoms with van der Waals surface area (Å²) in [5, 5.41) is 7.46. The molecule has 0 spiro atoms. The molecule has 0 unspecified atom stereocenters. The summed E-state index contributed by atoms with van der Waals surface area (Å²) < 4.78 is 10.1. The molecule has 10 heteroatoms. The van der Waals surface area contributed by atoms with Gasteiger partial charge in [-0.15, -0.1) is 12.4 Å². The van der Waals surface area contributed by atoms with Crippen molar-refractivity contribution in [2.75, 3.05) is 27.3 Å². The van der Waals surface area contributed by atoms with Crippen molar-refractivity contribution in [2.24, 2.45) is 11.7 Å². The third-order valence-electron chi connectivity index (χ3n) is 5.22. The van der Waals surface area contributed by atoms with Crippen molar-refractivity contribution < 1.29 is 19.1 Å². The number of aromatic nitrogens is 2. The van der Waals surface area contributed by atoms with E-state index in [1.165, 1.54) is 20.4 Å². The van der Waals surface area contributed by atoms with Crippen LogP contribution in [0, 0.1) is 11.3 Å². The van der Waals surface area contributed by atoms with Crippen molar-refractivity contribution in [3.63, 3.8) is 0 Å². The van der Waals surface area contributed by atoms with E-state index in [-0.39, 0.29) is 41.9 Å². The third kappa shape index (κ3) is 5.69. The van der Waals surface area contributed by atoms with Crippen LogP contribution in [-0.2, 0) is 9.53 Å². The number of methoxy groups -OCH3 is 2. The number of hydrogen-bond donors (Lipinski definition) is 2. The zero-order chi connectivity index (χ0) is 21.7. The molecule has 0 radical (unpaired) electrons. The molecule has 1 amide bonds. The van der Waals surface area contributed by atoms with Crippen LogP contribution in [-0.4, -0.2) is 59.9 Å². The van der Waals surface area contributed by atoms with Gasteiger partial charge in [0.15, 0.2) is 5.82 Å². The number of amidine groups is 1. The number of carbonyl (C=O) groups is 2. The number of benzene rings is 1. The number of ether oxygens (including phenoxy) is 2. The predicted molar refractivity (Wildman–Crippen MR) is 118 cm³/mol. The summed E-state index contributed by atoms with van der Waals surface area (Å²) in [5.41, 5.74) is 7.11. The van der Waals surface area contributed by atoms with Gasteiger partial charge in [-0.2, -0.15) is 4.98 Å². The van der Waals surface area contributed by atoms with Crippen LogP contribution in [0.1, 0.15) is 35.2 Å². The minimum atomic E-state index is -0.221. The number of carbonyl (C=O) groups excluding carboxylic acids is 2. The van der Waals surface area contributed by atoms with Crippen molar-refractivity contribution in [2.45, 2.75) is 19.3 Å². The highest BCUT2D eigenvalue weighted by atomic mass is 35.5. The maximum atomic E-state index is 13.0. The van der Waals surface area contributed by atoms with Crippen LogP contribution in [0.2, 0.25) is 0 Å². The summed E-state index contributed by atoms with van der Waals surface area (Å²) in [6.07, 6.45) is 3.33. The quantitative estimate of drug-likeness (QED) is 0.394. The van der Waals surface area contributed by atoms with Crippen LogP contribution in [0.4, 0.5) is 0 Å². The van der Waals surface area contributed by atoms with E-state index >= 15 is 0 Å². The topological polar surface area (TPSA) is 131 Å². The highest BCUT2D eigenvalue weighted by molar-refractivity contribution is 5.96. The molecule has 3 N–H and O–H groups in total. The van der Waals surface area contributed by atoms with Crippen LogP contribution in [0.15, 0.2) is 30.5 Å². The number of rotatable bonds is 6. The number of hydrogen-bond acceptors (Lipinski definition) is 7. The minimum Gasteiger partial charge on any atom is -0.480 e. The summed E-state index contributed by atoms with van der Waals surface area (Å²) in [4.78, 5) is 34.9. The van der Waals surface area contributed by atoms with Crippen LogP contribution in [0.5, 0.6) is 5.88 Å². The van der Waals surface area contributed by atoms with Gasteiger partial charge in [0.05, 0.1) is 14.2 Å². The lowest BCUT2D eigenvalue weighted by molar-refractivity contribution is -0.142. The second-order valence-electron chi connectivity index (χ2n) is 7.12. The van der Waals surface area contributed by atoms with Gasteiger partial charge >= 0.3 is 5.97 Å². The van der Waals surface area contributed by atoms with E-state index in [2.05, 4.69) is 9.97 Å². The largest absolute Gasteiger partial charge is 0.480 e. The molecule has 0 atom stereocenters. The van der Waals surface area contributed by atoms with E-state index in [1.807, 2.05) is 0 Å². The van der Waals surface area contributed by atoms with Crippen molar-refractivity contribution in [3.05, 3.63) is 41.6 Å². The Morgan fingerprint density at radius 3 is 2.39 bits per heavy atom. The normalized spacial score (nSPS) is 13.8. The molecule has 0 aliphatic carbocycles. The lowest BCUT2D eigenvalue weighted by atomic mass is 9.93. The Balaban J connectivity index is 0.00000341. The molecule has 3 rings (SSSR count). The Labute approximate surface area is 186 Å². The Bertz CT molecular complexity index is 943. The summed E-state index contributed by atoms with van der Waals surface area (Å²) in [6, 6.07) is 6.95.